The average Bonchev–Trinajstić information content (AvgIpc) is 2.32. The number of likely N-dealkylation sites (N-methyl/N-ethyl adjacent to an activating group) is 2. The molecule has 1 amide bonds. The Morgan fingerprint density at radius 1 is 1.41 bits per heavy atom. The highest BCUT2D eigenvalue weighted by Crippen LogP contribution is 2.16. The lowest BCUT2D eigenvalue weighted by Crippen LogP contribution is -2.48. The molecular weight excluding hydrogens is 222 g/mol. The minimum Gasteiger partial charge on any atom is -0.468 e. The summed E-state index contributed by atoms with van der Waals surface area (Å²) in [4.78, 5) is 22.6. The molecule has 0 fully saturated rings. The second kappa shape index (κ2) is 7.24. The minimum absolute atomic E-state index is 0.305. The van der Waals surface area contributed by atoms with Gasteiger partial charge in [0.2, 0.25) is 5.91 Å². The monoisotopic (exact) mass is 245 g/mol. The van der Waals surface area contributed by atoms with Crippen LogP contribution in [0.2, 0.25) is 0 Å². The maximum Gasteiger partial charge on any atom is 0.325 e. The average molecular weight is 245 g/mol. The molecule has 0 aliphatic heterocycles. The van der Waals surface area contributed by atoms with E-state index in [1.165, 1.54) is 7.11 Å². The molecule has 0 heterocycles. The van der Waals surface area contributed by atoms with E-state index in [0.717, 1.165) is 0 Å². The zero-order valence-electron chi connectivity index (χ0n) is 11.0. The van der Waals surface area contributed by atoms with Crippen LogP contribution in [0.25, 0.3) is 0 Å². The zero-order chi connectivity index (χ0) is 13.5. The molecule has 0 rings (SSSR count). The Kier molecular flexibility index (Phi) is 6.75. The van der Waals surface area contributed by atoms with Crippen LogP contribution in [0.5, 0.6) is 0 Å². The molecule has 0 aromatic heterocycles. The van der Waals surface area contributed by atoms with Gasteiger partial charge in [-0.3, -0.25) is 9.59 Å². The Morgan fingerprint density at radius 2 is 2.00 bits per heavy atom. The second-order valence-electron chi connectivity index (χ2n) is 4.21. The van der Waals surface area contributed by atoms with Crippen molar-refractivity contribution in [3.63, 3.8) is 0 Å². The van der Waals surface area contributed by atoms with Gasteiger partial charge in [0.05, 0.1) is 13.2 Å². The van der Waals surface area contributed by atoms with Crippen LogP contribution in [0.15, 0.2) is 0 Å². The molecule has 0 saturated carbocycles. The predicted octanol–water partition coefficient (Wildman–Crippen LogP) is -0.619. The summed E-state index contributed by atoms with van der Waals surface area (Å²) in [6.45, 7) is 1.78. The molecule has 0 aliphatic rings. The number of carbonyl (C=O) groups is 2. The van der Waals surface area contributed by atoms with Crippen molar-refractivity contribution in [2.24, 2.45) is 5.73 Å². The largest absolute Gasteiger partial charge is 0.468 e. The number of primary amides is 1. The third-order valence-corrected chi connectivity index (χ3v) is 3.05. The molecule has 17 heavy (non-hydrogen) atoms. The summed E-state index contributed by atoms with van der Waals surface area (Å²) in [7, 11) is 4.76. The van der Waals surface area contributed by atoms with Gasteiger partial charge in [-0.1, -0.05) is 0 Å². The van der Waals surface area contributed by atoms with Crippen molar-refractivity contribution in [2.75, 3.05) is 21.2 Å². The number of hydrogen-bond acceptors (Lipinski definition) is 5. The Hall–Kier alpha value is -1.14. The van der Waals surface area contributed by atoms with E-state index < -0.39 is 5.54 Å². The first kappa shape index (κ1) is 15.9. The summed E-state index contributed by atoms with van der Waals surface area (Å²) < 4.78 is 4.73. The number of methoxy groups -OCH3 is 1. The second-order valence-corrected chi connectivity index (χ2v) is 4.21. The van der Waals surface area contributed by atoms with Crippen molar-refractivity contribution >= 4 is 11.9 Å². The Balaban J connectivity index is 4.25. The van der Waals surface area contributed by atoms with E-state index in [0.29, 0.717) is 19.3 Å². The number of ether oxygens (including phenoxy) is 1. The van der Waals surface area contributed by atoms with Gasteiger partial charge in [-0.15, -0.1) is 0 Å². The van der Waals surface area contributed by atoms with Crippen molar-refractivity contribution < 1.29 is 14.3 Å². The summed E-state index contributed by atoms with van der Waals surface area (Å²) in [6, 6.07) is -0.353. The van der Waals surface area contributed by atoms with Crippen molar-refractivity contribution in [1.29, 1.82) is 0 Å². The van der Waals surface area contributed by atoms with E-state index in [1.807, 2.05) is 0 Å². The van der Waals surface area contributed by atoms with Crippen LogP contribution >= 0.6 is 0 Å². The Labute approximate surface area is 102 Å². The van der Waals surface area contributed by atoms with Crippen LogP contribution in [0.3, 0.4) is 0 Å². The van der Waals surface area contributed by atoms with Crippen LogP contribution in [-0.2, 0) is 14.3 Å². The van der Waals surface area contributed by atoms with Crippen LogP contribution in [0.4, 0.5) is 0 Å². The maximum atomic E-state index is 11.6. The molecule has 0 aromatic carbocycles. The van der Waals surface area contributed by atoms with E-state index in [2.05, 4.69) is 10.6 Å². The quantitative estimate of drug-likeness (QED) is 0.496. The molecule has 6 heteroatoms. The summed E-state index contributed by atoms with van der Waals surface area (Å²) in [6.07, 6.45) is 1.88. The van der Waals surface area contributed by atoms with E-state index in [1.54, 1.807) is 21.0 Å². The van der Waals surface area contributed by atoms with Crippen molar-refractivity contribution in [2.45, 2.75) is 37.8 Å². The fourth-order valence-corrected chi connectivity index (χ4v) is 1.64. The fraction of sp³-hybridized carbons (Fsp3) is 0.818. The number of amides is 1. The van der Waals surface area contributed by atoms with Gasteiger partial charge in [-0.05, 0) is 40.3 Å². The highest BCUT2D eigenvalue weighted by molar-refractivity contribution is 5.80. The number of esters is 1. The summed E-state index contributed by atoms with van der Waals surface area (Å²) in [5.41, 5.74) is 4.49. The van der Waals surface area contributed by atoms with Gasteiger partial charge >= 0.3 is 5.97 Å². The molecule has 0 bridgehead atoms. The molecule has 2 atom stereocenters. The first-order valence-electron chi connectivity index (χ1n) is 5.65. The number of hydrogen-bond donors (Lipinski definition) is 3. The van der Waals surface area contributed by atoms with Crippen molar-refractivity contribution in [3.05, 3.63) is 0 Å². The van der Waals surface area contributed by atoms with Crippen LogP contribution in [-0.4, -0.2) is 44.7 Å². The molecular formula is C11H23N3O3. The van der Waals surface area contributed by atoms with Gasteiger partial charge < -0.3 is 21.1 Å². The third kappa shape index (κ3) is 4.70. The Morgan fingerprint density at radius 3 is 2.35 bits per heavy atom. The van der Waals surface area contributed by atoms with Gasteiger partial charge in [-0.25, -0.2) is 0 Å². The number of rotatable bonds is 8. The lowest BCUT2D eigenvalue weighted by atomic mass is 9.93. The van der Waals surface area contributed by atoms with E-state index in [9.17, 15) is 9.59 Å². The first-order valence-corrected chi connectivity index (χ1v) is 5.65. The molecule has 2 unspecified atom stereocenters. The van der Waals surface area contributed by atoms with Gasteiger partial charge in [0.1, 0.15) is 5.54 Å². The molecule has 0 aromatic rings. The third-order valence-electron chi connectivity index (χ3n) is 3.05. The number of nitrogens with one attached hydrogen (secondary N) is 2. The van der Waals surface area contributed by atoms with Gasteiger partial charge in [0.25, 0.3) is 0 Å². The van der Waals surface area contributed by atoms with Crippen LogP contribution in [0, 0.1) is 0 Å². The van der Waals surface area contributed by atoms with Gasteiger partial charge in [-0.2, -0.15) is 0 Å². The molecule has 0 radical (unpaired) electrons. The molecule has 0 aliphatic carbocycles. The zero-order valence-corrected chi connectivity index (χ0v) is 11.0. The Bertz CT molecular complexity index is 271. The lowest BCUT2D eigenvalue weighted by Gasteiger charge is -2.26. The predicted molar refractivity (Wildman–Crippen MR) is 65.4 cm³/mol. The molecule has 4 N–H and O–H groups in total. The van der Waals surface area contributed by atoms with E-state index in [-0.39, 0.29) is 17.9 Å². The molecule has 0 saturated heterocycles. The molecule has 6 nitrogen and oxygen atoms in total. The standard InChI is InChI=1S/C11H23N3O3/c1-11(14-3,10(16)17-4)7-5-6-8(13-2)9(12)15/h8,13-14H,5-7H2,1-4H3,(H2,12,15). The van der Waals surface area contributed by atoms with E-state index in [4.69, 9.17) is 10.5 Å². The summed E-state index contributed by atoms with van der Waals surface area (Å²) in [5.74, 6) is -0.684. The molecule has 0 spiro atoms. The smallest absolute Gasteiger partial charge is 0.325 e. The topological polar surface area (TPSA) is 93.4 Å². The summed E-state index contributed by atoms with van der Waals surface area (Å²) in [5, 5.41) is 5.78. The van der Waals surface area contributed by atoms with Gasteiger partial charge in [0, 0.05) is 0 Å². The van der Waals surface area contributed by atoms with Gasteiger partial charge in [0.15, 0.2) is 0 Å². The SMILES string of the molecule is CNC(CCCC(C)(NC)C(=O)OC)C(N)=O. The fourth-order valence-electron chi connectivity index (χ4n) is 1.64. The normalized spacial score (nSPS) is 16.0. The van der Waals surface area contributed by atoms with E-state index >= 15 is 0 Å². The number of carbonyl (C=O) groups excluding carboxylic acids is 2. The first-order chi connectivity index (χ1) is 7.91. The summed E-state index contributed by atoms with van der Waals surface area (Å²) >= 11 is 0. The lowest BCUT2D eigenvalue weighted by molar-refractivity contribution is -0.148. The minimum atomic E-state index is -0.718. The number of nitrogens with two attached hydrogens (primary N) is 1. The van der Waals surface area contributed by atoms with Crippen molar-refractivity contribution in [1.82, 2.24) is 10.6 Å². The maximum absolute atomic E-state index is 11.6. The van der Waals surface area contributed by atoms with Crippen molar-refractivity contribution in [3.8, 4) is 0 Å². The highest BCUT2D eigenvalue weighted by Gasteiger charge is 2.32. The molecule has 100 valence electrons. The highest BCUT2D eigenvalue weighted by atomic mass is 16.5. The van der Waals surface area contributed by atoms with Crippen LogP contribution < -0.4 is 16.4 Å². The van der Waals surface area contributed by atoms with Crippen LogP contribution in [0.1, 0.15) is 26.2 Å².